The first-order valence-electron chi connectivity index (χ1n) is 7.09. The number of nitrogens with zero attached hydrogens (tertiary/aromatic N) is 2. The SMILES string of the molecule is CC1CCCN(CCCNC2=NCCCN2)C1. The molecule has 17 heavy (non-hydrogen) atoms. The highest BCUT2D eigenvalue weighted by molar-refractivity contribution is 5.80. The van der Waals surface area contributed by atoms with Crippen molar-refractivity contribution in [2.75, 3.05) is 39.3 Å². The van der Waals surface area contributed by atoms with Gasteiger partial charge in [-0.05, 0) is 44.7 Å². The summed E-state index contributed by atoms with van der Waals surface area (Å²) in [7, 11) is 0. The molecule has 1 saturated heterocycles. The second-order valence-corrected chi connectivity index (χ2v) is 5.34. The summed E-state index contributed by atoms with van der Waals surface area (Å²) in [6.45, 7) is 9.25. The first kappa shape index (κ1) is 12.7. The molecule has 0 spiro atoms. The molecule has 0 bridgehead atoms. The number of piperidine rings is 1. The van der Waals surface area contributed by atoms with Crippen LogP contribution < -0.4 is 10.6 Å². The molecule has 2 aliphatic heterocycles. The summed E-state index contributed by atoms with van der Waals surface area (Å²) in [5, 5.41) is 6.67. The minimum absolute atomic E-state index is 0.890. The summed E-state index contributed by atoms with van der Waals surface area (Å²) >= 11 is 0. The zero-order valence-corrected chi connectivity index (χ0v) is 11.0. The molecule has 2 rings (SSSR count). The number of aliphatic imine (C=N–C) groups is 1. The van der Waals surface area contributed by atoms with E-state index in [0.717, 1.165) is 37.9 Å². The first-order chi connectivity index (χ1) is 8.34. The smallest absolute Gasteiger partial charge is 0.191 e. The molecule has 1 fully saturated rings. The van der Waals surface area contributed by atoms with E-state index in [0.29, 0.717) is 0 Å². The first-order valence-corrected chi connectivity index (χ1v) is 7.09. The van der Waals surface area contributed by atoms with Gasteiger partial charge in [-0.15, -0.1) is 0 Å². The minimum Gasteiger partial charge on any atom is -0.356 e. The Balaban J connectivity index is 1.55. The third-order valence-corrected chi connectivity index (χ3v) is 3.58. The van der Waals surface area contributed by atoms with Crippen LogP contribution in [0.1, 0.15) is 32.6 Å². The lowest BCUT2D eigenvalue weighted by atomic mass is 10.0. The van der Waals surface area contributed by atoms with Gasteiger partial charge in [-0.25, -0.2) is 0 Å². The van der Waals surface area contributed by atoms with Crippen LogP contribution in [0, 0.1) is 5.92 Å². The molecule has 0 amide bonds. The van der Waals surface area contributed by atoms with E-state index in [1.165, 1.54) is 38.9 Å². The van der Waals surface area contributed by atoms with Gasteiger partial charge >= 0.3 is 0 Å². The van der Waals surface area contributed by atoms with Crippen LogP contribution in [0.3, 0.4) is 0 Å². The maximum absolute atomic E-state index is 4.41. The van der Waals surface area contributed by atoms with Crippen LogP contribution in [0.5, 0.6) is 0 Å². The molecule has 0 radical (unpaired) electrons. The van der Waals surface area contributed by atoms with Crippen LogP contribution in [0.25, 0.3) is 0 Å². The van der Waals surface area contributed by atoms with E-state index in [-0.39, 0.29) is 0 Å². The van der Waals surface area contributed by atoms with Gasteiger partial charge in [-0.1, -0.05) is 6.92 Å². The van der Waals surface area contributed by atoms with Crippen molar-refractivity contribution in [2.45, 2.75) is 32.6 Å². The molecule has 1 unspecified atom stereocenters. The summed E-state index contributed by atoms with van der Waals surface area (Å²) < 4.78 is 0. The largest absolute Gasteiger partial charge is 0.356 e. The van der Waals surface area contributed by atoms with Gasteiger partial charge in [0.1, 0.15) is 0 Å². The molecule has 0 aromatic carbocycles. The van der Waals surface area contributed by atoms with Crippen molar-refractivity contribution in [2.24, 2.45) is 10.9 Å². The van der Waals surface area contributed by atoms with Gasteiger partial charge in [0.25, 0.3) is 0 Å². The summed E-state index contributed by atoms with van der Waals surface area (Å²) in [6, 6.07) is 0. The molecule has 2 heterocycles. The number of hydrogen-bond donors (Lipinski definition) is 2. The van der Waals surface area contributed by atoms with Gasteiger partial charge < -0.3 is 15.5 Å². The number of hydrogen-bond acceptors (Lipinski definition) is 4. The van der Waals surface area contributed by atoms with E-state index >= 15 is 0 Å². The fourth-order valence-corrected chi connectivity index (χ4v) is 2.65. The Bertz CT molecular complexity index is 252. The summed E-state index contributed by atoms with van der Waals surface area (Å²) in [6.07, 6.45) is 5.17. The average Bonchev–Trinajstić information content (AvgIpc) is 2.36. The highest BCUT2D eigenvalue weighted by Gasteiger charge is 2.15. The van der Waals surface area contributed by atoms with Gasteiger partial charge in [-0.2, -0.15) is 0 Å². The van der Waals surface area contributed by atoms with Crippen molar-refractivity contribution in [1.29, 1.82) is 0 Å². The predicted octanol–water partition coefficient (Wildman–Crippen LogP) is 1.05. The Morgan fingerprint density at radius 1 is 1.47 bits per heavy atom. The third-order valence-electron chi connectivity index (χ3n) is 3.58. The molecule has 4 heteroatoms. The summed E-state index contributed by atoms with van der Waals surface area (Å²) in [5.41, 5.74) is 0. The molecule has 4 nitrogen and oxygen atoms in total. The normalized spacial score (nSPS) is 26.2. The molecule has 0 saturated carbocycles. The van der Waals surface area contributed by atoms with E-state index < -0.39 is 0 Å². The van der Waals surface area contributed by atoms with Crippen LogP contribution in [0.4, 0.5) is 0 Å². The maximum atomic E-state index is 4.41. The van der Waals surface area contributed by atoms with Crippen molar-refractivity contribution in [3.05, 3.63) is 0 Å². The predicted molar refractivity (Wildman–Crippen MR) is 72.4 cm³/mol. The van der Waals surface area contributed by atoms with Gasteiger partial charge in [0.2, 0.25) is 0 Å². The fourth-order valence-electron chi connectivity index (χ4n) is 2.65. The van der Waals surface area contributed by atoms with E-state index in [4.69, 9.17) is 0 Å². The van der Waals surface area contributed by atoms with Gasteiger partial charge in [-0.3, -0.25) is 4.99 Å². The third kappa shape index (κ3) is 4.54. The van der Waals surface area contributed by atoms with Gasteiger partial charge in [0.15, 0.2) is 5.96 Å². The zero-order chi connectivity index (χ0) is 11.9. The number of guanidine groups is 1. The lowest BCUT2D eigenvalue weighted by Crippen LogP contribution is -2.42. The van der Waals surface area contributed by atoms with E-state index in [2.05, 4.69) is 27.4 Å². The van der Waals surface area contributed by atoms with Gasteiger partial charge in [0, 0.05) is 26.2 Å². The second kappa shape index (κ2) is 6.84. The Labute approximate surface area is 105 Å². The molecular weight excluding hydrogens is 212 g/mol. The monoisotopic (exact) mass is 238 g/mol. The van der Waals surface area contributed by atoms with Crippen LogP contribution in [-0.2, 0) is 0 Å². The molecule has 0 aliphatic carbocycles. The van der Waals surface area contributed by atoms with E-state index in [1.54, 1.807) is 0 Å². The minimum atomic E-state index is 0.890. The van der Waals surface area contributed by atoms with Gasteiger partial charge in [0.05, 0.1) is 0 Å². The average molecular weight is 238 g/mol. The van der Waals surface area contributed by atoms with E-state index in [1.807, 2.05) is 0 Å². The summed E-state index contributed by atoms with van der Waals surface area (Å²) in [5.74, 6) is 1.89. The van der Waals surface area contributed by atoms with Crippen LogP contribution in [-0.4, -0.2) is 50.1 Å². The van der Waals surface area contributed by atoms with E-state index in [9.17, 15) is 0 Å². The maximum Gasteiger partial charge on any atom is 0.191 e. The highest BCUT2D eigenvalue weighted by Crippen LogP contribution is 2.15. The molecule has 2 aliphatic rings. The number of nitrogens with one attached hydrogen (secondary N) is 2. The molecule has 1 atom stereocenters. The quantitative estimate of drug-likeness (QED) is 0.719. The van der Waals surface area contributed by atoms with Crippen molar-refractivity contribution in [3.63, 3.8) is 0 Å². The lowest BCUT2D eigenvalue weighted by Gasteiger charge is -2.30. The Kier molecular flexibility index (Phi) is 5.10. The topological polar surface area (TPSA) is 39.7 Å². The lowest BCUT2D eigenvalue weighted by molar-refractivity contribution is 0.182. The number of rotatable bonds is 4. The van der Waals surface area contributed by atoms with Crippen LogP contribution >= 0.6 is 0 Å². The Morgan fingerprint density at radius 2 is 2.41 bits per heavy atom. The van der Waals surface area contributed by atoms with Crippen LogP contribution in [0.2, 0.25) is 0 Å². The number of likely N-dealkylation sites (tertiary alicyclic amines) is 1. The molecule has 2 N–H and O–H groups in total. The highest BCUT2D eigenvalue weighted by atomic mass is 15.2. The van der Waals surface area contributed by atoms with Crippen molar-refractivity contribution < 1.29 is 0 Å². The van der Waals surface area contributed by atoms with Crippen LogP contribution in [0.15, 0.2) is 4.99 Å². The molecule has 0 aromatic heterocycles. The summed E-state index contributed by atoms with van der Waals surface area (Å²) in [4.78, 5) is 7.01. The van der Waals surface area contributed by atoms with Crippen molar-refractivity contribution in [1.82, 2.24) is 15.5 Å². The molecular formula is C13H26N4. The molecule has 0 aromatic rings. The Hall–Kier alpha value is -0.770. The van der Waals surface area contributed by atoms with Crippen molar-refractivity contribution in [3.8, 4) is 0 Å². The zero-order valence-electron chi connectivity index (χ0n) is 11.0. The molecule has 98 valence electrons. The Morgan fingerprint density at radius 3 is 3.18 bits per heavy atom. The second-order valence-electron chi connectivity index (χ2n) is 5.34. The van der Waals surface area contributed by atoms with Crippen molar-refractivity contribution >= 4 is 5.96 Å². The standard InChI is InChI=1S/C13H26N4/c1-12-5-2-9-17(11-12)10-4-8-16-13-14-6-3-7-15-13/h12H,2-11H2,1H3,(H2,14,15,16). The fraction of sp³-hybridized carbons (Fsp3) is 0.923.